The van der Waals surface area contributed by atoms with Crippen LogP contribution in [0.25, 0.3) is 11.2 Å². The Hall–Kier alpha value is -2.28. The molecule has 3 aromatic rings. The van der Waals surface area contributed by atoms with Crippen LogP contribution in [0.2, 0.25) is 0 Å². The molecule has 1 N–H and O–H groups in total. The number of nitrogens with zero attached hydrogens (tertiary/aromatic N) is 2. The van der Waals surface area contributed by atoms with Crippen molar-refractivity contribution in [2.75, 3.05) is 0 Å². The van der Waals surface area contributed by atoms with Crippen molar-refractivity contribution >= 4 is 21.0 Å². The SMILES string of the molecule is O=S(=O)(Cc1ccccc1F)c1nc2ncccc2[nH]1. The van der Waals surface area contributed by atoms with Gasteiger partial charge in [-0.05, 0) is 18.2 Å². The van der Waals surface area contributed by atoms with E-state index in [1.807, 2.05) is 0 Å². The maximum atomic E-state index is 13.5. The van der Waals surface area contributed by atoms with Crippen molar-refractivity contribution in [3.8, 4) is 0 Å². The monoisotopic (exact) mass is 291 g/mol. The molecular weight excluding hydrogens is 281 g/mol. The molecule has 0 saturated heterocycles. The maximum Gasteiger partial charge on any atom is 0.227 e. The van der Waals surface area contributed by atoms with Gasteiger partial charge in [0.25, 0.3) is 0 Å². The van der Waals surface area contributed by atoms with E-state index in [9.17, 15) is 12.8 Å². The fourth-order valence-corrected chi connectivity index (χ4v) is 3.13. The van der Waals surface area contributed by atoms with Crippen LogP contribution >= 0.6 is 0 Å². The molecule has 0 unspecified atom stereocenters. The quantitative estimate of drug-likeness (QED) is 0.801. The zero-order valence-corrected chi connectivity index (χ0v) is 11.1. The highest BCUT2D eigenvalue weighted by molar-refractivity contribution is 7.90. The molecule has 2 heterocycles. The van der Waals surface area contributed by atoms with Crippen LogP contribution in [0.3, 0.4) is 0 Å². The second-order valence-electron chi connectivity index (χ2n) is 4.27. The summed E-state index contributed by atoms with van der Waals surface area (Å²) < 4.78 is 38.0. The fraction of sp³-hybridized carbons (Fsp3) is 0.0769. The number of aromatic nitrogens is 3. The first-order chi connectivity index (χ1) is 9.56. The van der Waals surface area contributed by atoms with Gasteiger partial charge >= 0.3 is 0 Å². The number of nitrogens with one attached hydrogen (secondary N) is 1. The topological polar surface area (TPSA) is 75.7 Å². The summed E-state index contributed by atoms with van der Waals surface area (Å²) in [6, 6.07) is 9.12. The highest BCUT2D eigenvalue weighted by Crippen LogP contribution is 2.18. The summed E-state index contributed by atoms with van der Waals surface area (Å²) in [5.74, 6) is -0.996. The molecule has 102 valence electrons. The van der Waals surface area contributed by atoms with Crippen LogP contribution < -0.4 is 0 Å². The van der Waals surface area contributed by atoms with Crippen molar-refractivity contribution in [3.63, 3.8) is 0 Å². The number of H-pyrrole nitrogens is 1. The molecule has 0 aliphatic rings. The predicted molar refractivity (Wildman–Crippen MR) is 71.2 cm³/mol. The molecule has 0 aliphatic carbocycles. The Bertz CT molecular complexity index is 841. The normalized spacial score (nSPS) is 11.8. The van der Waals surface area contributed by atoms with E-state index >= 15 is 0 Å². The molecule has 20 heavy (non-hydrogen) atoms. The van der Waals surface area contributed by atoms with Gasteiger partial charge in [0.05, 0.1) is 11.3 Å². The first-order valence-corrected chi connectivity index (χ1v) is 7.48. The average molecular weight is 291 g/mol. The van der Waals surface area contributed by atoms with E-state index < -0.39 is 21.4 Å². The van der Waals surface area contributed by atoms with E-state index in [0.717, 1.165) is 0 Å². The van der Waals surface area contributed by atoms with Gasteiger partial charge in [-0.1, -0.05) is 18.2 Å². The Morgan fingerprint density at radius 3 is 2.70 bits per heavy atom. The molecule has 5 nitrogen and oxygen atoms in total. The zero-order valence-electron chi connectivity index (χ0n) is 10.2. The molecule has 2 aromatic heterocycles. The Morgan fingerprint density at radius 2 is 1.95 bits per heavy atom. The van der Waals surface area contributed by atoms with Gasteiger partial charge in [0, 0.05) is 11.8 Å². The van der Waals surface area contributed by atoms with Gasteiger partial charge in [-0.3, -0.25) is 0 Å². The fourth-order valence-electron chi connectivity index (χ4n) is 1.86. The number of hydrogen-bond donors (Lipinski definition) is 1. The molecule has 0 amide bonds. The Balaban J connectivity index is 2.01. The van der Waals surface area contributed by atoms with Gasteiger partial charge < -0.3 is 4.98 Å². The van der Waals surface area contributed by atoms with Gasteiger partial charge in [-0.15, -0.1) is 0 Å². The van der Waals surface area contributed by atoms with E-state index in [2.05, 4.69) is 15.0 Å². The number of fused-ring (bicyclic) bond motifs is 1. The molecule has 0 spiro atoms. The van der Waals surface area contributed by atoms with Crippen LogP contribution in [0.4, 0.5) is 4.39 Å². The Labute approximate surface area is 114 Å². The van der Waals surface area contributed by atoms with E-state index in [4.69, 9.17) is 0 Å². The van der Waals surface area contributed by atoms with Gasteiger partial charge in [-0.2, -0.15) is 4.98 Å². The molecule has 3 rings (SSSR count). The van der Waals surface area contributed by atoms with Crippen molar-refractivity contribution in [1.29, 1.82) is 0 Å². The van der Waals surface area contributed by atoms with Crippen LogP contribution in [0.15, 0.2) is 47.8 Å². The van der Waals surface area contributed by atoms with Crippen LogP contribution in [0.1, 0.15) is 5.56 Å². The van der Waals surface area contributed by atoms with Gasteiger partial charge in [0.15, 0.2) is 5.65 Å². The smallest absolute Gasteiger partial charge is 0.227 e. The number of pyridine rings is 1. The molecule has 0 saturated carbocycles. The highest BCUT2D eigenvalue weighted by atomic mass is 32.2. The number of aromatic amines is 1. The minimum absolute atomic E-state index is 0.112. The zero-order chi connectivity index (χ0) is 14.2. The minimum atomic E-state index is -3.74. The molecule has 0 atom stereocenters. The molecule has 0 aliphatic heterocycles. The lowest BCUT2D eigenvalue weighted by Crippen LogP contribution is -2.08. The van der Waals surface area contributed by atoms with E-state index in [1.165, 1.54) is 24.4 Å². The third kappa shape index (κ3) is 2.27. The minimum Gasteiger partial charge on any atom is -0.327 e. The summed E-state index contributed by atoms with van der Waals surface area (Å²) >= 11 is 0. The third-order valence-electron chi connectivity index (χ3n) is 2.83. The molecule has 0 radical (unpaired) electrons. The highest BCUT2D eigenvalue weighted by Gasteiger charge is 2.21. The first-order valence-electron chi connectivity index (χ1n) is 5.83. The first kappa shape index (κ1) is 12.7. The molecular formula is C13H10FN3O2S. The lowest BCUT2D eigenvalue weighted by atomic mass is 10.2. The predicted octanol–water partition coefficient (Wildman–Crippen LogP) is 2.07. The summed E-state index contributed by atoms with van der Waals surface area (Å²) in [6.45, 7) is 0. The summed E-state index contributed by atoms with van der Waals surface area (Å²) in [6.07, 6.45) is 1.52. The van der Waals surface area contributed by atoms with Crippen molar-refractivity contribution in [1.82, 2.24) is 15.0 Å². The number of sulfone groups is 1. The van der Waals surface area contributed by atoms with Crippen molar-refractivity contribution < 1.29 is 12.8 Å². The Morgan fingerprint density at radius 1 is 1.15 bits per heavy atom. The van der Waals surface area contributed by atoms with Crippen LogP contribution in [0, 0.1) is 5.82 Å². The molecule has 0 fully saturated rings. The maximum absolute atomic E-state index is 13.5. The van der Waals surface area contributed by atoms with Gasteiger partial charge in [0.1, 0.15) is 5.82 Å². The van der Waals surface area contributed by atoms with Crippen molar-refractivity contribution in [3.05, 3.63) is 54.0 Å². The van der Waals surface area contributed by atoms with E-state index in [0.29, 0.717) is 11.2 Å². The second kappa shape index (κ2) is 4.68. The third-order valence-corrected chi connectivity index (χ3v) is 4.31. The molecule has 0 bridgehead atoms. The number of hydrogen-bond acceptors (Lipinski definition) is 4. The summed E-state index contributed by atoms with van der Waals surface area (Å²) in [5, 5.41) is -0.200. The molecule has 1 aromatic carbocycles. The Kier molecular flexibility index (Phi) is 2.98. The number of halogens is 1. The van der Waals surface area contributed by atoms with Gasteiger partial charge in [-0.25, -0.2) is 17.8 Å². The molecule has 7 heteroatoms. The largest absolute Gasteiger partial charge is 0.327 e. The average Bonchev–Trinajstić information content (AvgIpc) is 2.86. The summed E-state index contributed by atoms with van der Waals surface area (Å²) in [7, 11) is -3.74. The van der Waals surface area contributed by atoms with E-state index in [-0.39, 0.29) is 10.7 Å². The van der Waals surface area contributed by atoms with Crippen LogP contribution in [-0.2, 0) is 15.6 Å². The van der Waals surface area contributed by atoms with E-state index in [1.54, 1.807) is 18.2 Å². The van der Waals surface area contributed by atoms with Crippen molar-refractivity contribution in [2.45, 2.75) is 10.9 Å². The van der Waals surface area contributed by atoms with Crippen molar-refractivity contribution in [2.24, 2.45) is 0 Å². The summed E-state index contributed by atoms with van der Waals surface area (Å²) in [4.78, 5) is 10.6. The number of imidazole rings is 1. The van der Waals surface area contributed by atoms with Gasteiger partial charge in [0.2, 0.25) is 15.0 Å². The number of rotatable bonds is 3. The lowest BCUT2D eigenvalue weighted by Gasteiger charge is -2.02. The van der Waals surface area contributed by atoms with Crippen LogP contribution in [-0.4, -0.2) is 23.4 Å². The number of benzene rings is 1. The summed E-state index contributed by atoms with van der Waals surface area (Å²) in [5.41, 5.74) is 0.958. The standard InChI is InChI=1S/C13H10FN3O2S/c14-10-5-2-1-4-9(10)8-20(18,19)13-16-11-6-3-7-15-12(11)17-13/h1-7H,8H2,(H,15,16,17). The second-order valence-corrected chi connectivity index (χ2v) is 6.17. The lowest BCUT2D eigenvalue weighted by molar-refractivity contribution is 0.581. The van der Waals surface area contributed by atoms with Crippen LogP contribution in [0.5, 0.6) is 0 Å².